The van der Waals surface area contributed by atoms with Gasteiger partial charge in [-0.2, -0.15) is 0 Å². The minimum Gasteiger partial charge on any atom is -0.358 e. The number of aromatic nitrogens is 3. The third-order valence-corrected chi connectivity index (χ3v) is 2.81. The fourth-order valence-corrected chi connectivity index (χ4v) is 1.98. The van der Waals surface area contributed by atoms with E-state index >= 15 is 0 Å². The van der Waals surface area contributed by atoms with E-state index in [1.165, 1.54) is 10.9 Å². The van der Waals surface area contributed by atoms with Crippen LogP contribution in [0.1, 0.15) is 31.7 Å². The highest BCUT2D eigenvalue weighted by Crippen LogP contribution is 2.27. The Morgan fingerprint density at radius 3 is 2.87 bits per heavy atom. The lowest BCUT2D eigenvalue weighted by Crippen LogP contribution is -2.35. The summed E-state index contributed by atoms with van der Waals surface area (Å²) in [4.78, 5) is 9.89. The summed E-state index contributed by atoms with van der Waals surface area (Å²) in [5.74, 6) is -0.215. The Morgan fingerprint density at radius 1 is 1.53 bits per heavy atom. The largest absolute Gasteiger partial charge is 0.410 e. The summed E-state index contributed by atoms with van der Waals surface area (Å²) < 4.78 is 1.53. The molecule has 1 aliphatic carbocycles. The smallest absolute Gasteiger partial charge is 0.358 e. The van der Waals surface area contributed by atoms with Crippen molar-refractivity contribution in [1.82, 2.24) is 15.0 Å². The quantitative estimate of drug-likeness (QED) is 0.571. The molecule has 0 aromatic carbocycles. The summed E-state index contributed by atoms with van der Waals surface area (Å²) in [6.45, 7) is 0. The molecule has 7 nitrogen and oxygen atoms in total. The molecule has 0 aliphatic heterocycles. The van der Waals surface area contributed by atoms with Crippen molar-refractivity contribution in [3.63, 3.8) is 0 Å². The first-order chi connectivity index (χ1) is 7.18. The molecule has 0 spiro atoms. The van der Waals surface area contributed by atoms with Gasteiger partial charge in [0.15, 0.2) is 0 Å². The van der Waals surface area contributed by atoms with Crippen molar-refractivity contribution < 1.29 is 4.92 Å². The van der Waals surface area contributed by atoms with Crippen LogP contribution in [0.2, 0.25) is 0 Å². The van der Waals surface area contributed by atoms with Gasteiger partial charge < -0.3 is 15.8 Å². The SMILES string of the molecule is NC1CCCCC1n1cc([N+](=O)[O-])nn1. The highest BCUT2D eigenvalue weighted by molar-refractivity contribution is 5.10. The summed E-state index contributed by atoms with van der Waals surface area (Å²) in [6, 6.07) is 0.0833. The van der Waals surface area contributed by atoms with Gasteiger partial charge in [0.05, 0.1) is 11.3 Å². The average molecular weight is 211 g/mol. The molecular weight excluding hydrogens is 198 g/mol. The normalized spacial score (nSPS) is 26.5. The van der Waals surface area contributed by atoms with Gasteiger partial charge in [0.1, 0.15) is 11.3 Å². The maximum atomic E-state index is 10.4. The van der Waals surface area contributed by atoms with Crippen LogP contribution in [0.15, 0.2) is 6.20 Å². The van der Waals surface area contributed by atoms with Crippen LogP contribution >= 0.6 is 0 Å². The summed E-state index contributed by atoms with van der Waals surface area (Å²) in [5, 5.41) is 17.7. The molecule has 0 amide bonds. The van der Waals surface area contributed by atoms with E-state index in [1.54, 1.807) is 0 Å². The third-order valence-electron chi connectivity index (χ3n) is 2.81. The number of rotatable bonds is 2. The molecule has 15 heavy (non-hydrogen) atoms. The fourth-order valence-electron chi connectivity index (χ4n) is 1.98. The second-order valence-electron chi connectivity index (χ2n) is 3.83. The minimum atomic E-state index is -0.544. The van der Waals surface area contributed by atoms with Gasteiger partial charge >= 0.3 is 5.82 Å². The molecule has 82 valence electrons. The van der Waals surface area contributed by atoms with Crippen molar-refractivity contribution in [2.75, 3.05) is 0 Å². The molecule has 0 radical (unpaired) electrons. The van der Waals surface area contributed by atoms with E-state index in [-0.39, 0.29) is 17.9 Å². The van der Waals surface area contributed by atoms with E-state index in [1.807, 2.05) is 0 Å². The van der Waals surface area contributed by atoms with E-state index in [9.17, 15) is 10.1 Å². The number of hydrogen-bond donors (Lipinski definition) is 1. The zero-order chi connectivity index (χ0) is 10.8. The summed E-state index contributed by atoms with van der Waals surface area (Å²) in [6.07, 6.45) is 5.43. The van der Waals surface area contributed by atoms with Gasteiger partial charge in [0.25, 0.3) is 0 Å². The third kappa shape index (κ3) is 1.96. The van der Waals surface area contributed by atoms with Crippen molar-refractivity contribution in [2.24, 2.45) is 5.73 Å². The minimum absolute atomic E-state index is 0.0278. The van der Waals surface area contributed by atoms with Crippen LogP contribution in [-0.4, -0.2) is 26.0 Å². The lowest BCUT2D eigenvalue weighted by atomic mass is 9.91. The molecule has 1 aromatic heterocycles. The zero-order valence-electron chi connectivity index (χ0n) is 8.24. The Labute approximate surface area is 86.4 Å². The van der Waals surface area contributed by atoms with Crippen LogP contribution in [0.3, 0.4) is 0 Å². The summed E-state index contributed by atoms with van der Waals surface area (Å²) in [5.41, 5.74) is 5.94. The maximum absolute atomic E-state index is 10.4. The molecule has 2 rings (SSSR count). The standard InChI is InChI=1S/C8H13N5O2/c9-6-3-1-2-4-7(6)12-5-8(10-11-12)13(14)15/h5-7H,1-4,9H2. The van der Waals surface area contributed by atoms with Crippen LogP contribution in [-0.2, 0) is 0 Å². The number of nitrogens with zero attached hydrogens (tertiary/aromatic N) is 4. The topological polar surface area (TPSA) is 99.9 Å². The van der Waals surface area contributed by atoms with E-state index in [2.05, 4.69) is 10.3 Å². The van der Waals surface area contributed by atoms with Crippen molar-refractivity contribution in [2.45, 2.75) is 37.8 Å². The Morgan fingerprint density at radius 2 is 2.27 bits per heavy atom. The Bertz CT molecular complexity index is 364. The zero-order valence-corrected chi connectivity index (χ0v) is 8.24. The number of nitrogens with two attached hydrogens (primary N) is 1. The maximum Gasteiger partial charge on any atom is 0.410 e. The molecule has 1 aromatic rings. The first-order valence-electron chi connectivity index (χ1n) is 5.00. The lowest BCUT2D eigenvalue weighted by molar-refractivity contribution is -0.389. The predicted molar refractivity (Wildman–Crippen MR) is 52.2 cm³/mol. The highest BCUT2D eigenvalue weighted by Gasteiger charge is 2.26. The first-order valence-corrected chi connectivity index (χ1v) is 5.00. The fraction of sp³-hybridized carbons (Fsp3) is 0.750. The number of nitro groups is 1. The van der Waals surface area contributed by atoms with Crippen molar-refractivity contribution in [1.29, 1.82) is 0 Å². The predicted octanol–water partition coefficient (Wildman–Crippen LogP) is 0.629. The van der Waals surface area contributed by atoms with E-state index in [0.29, 0.717) is 0 Å². The Kier molecular flexibility index (Phi) is 2.63. The van der Waals surface area contributed by atoms with Crippen molar-refractivity contribution >= 4 is 5.82 Å². The highest BCUT2D eigenvalue weighted by atomic mass is 16.6. The van der Waals surface area contributed by atoms with Gasteiger partial charge in [-0.05, 0) is 17.8 Å². The summed E-state index contributed by atoms with van der Waals surface area (Å²) in [7, 11) is 0. The second-order valence-corrected chi connectivity index (χ2v) is 3.83. The monoisotopic (exact) mass is 211 g/mol. The molecule has 1 fully saturated rings. The Hall–Kier alpha value is -1.50. The molecule has 2 unspecified atom stereocenters. The molecule has 1 saturated carbocycles. The first kappa shape index (κ1) is 10.0. The van der Waals surface area contributed by atoms with Crippen molar-refractivity contribution in [3.05, 3.63) is 16.3 Å². The molecule has 1 aliphatic rings. The molecule has 2 N–H and O–H groups in total. The van der Waals surface area contributed by atoms with E-state index in [0.717, 1.165) is 25.7 Å². The molecule has 2 atom stereocenters. The van der Waals surface area contributed by atoms with Gasteiger partial charge in [-0.25, -0.2) is 4.68 Å². The van der Waals surface area contributed by atoms with Gasteiger partial charge in [-0.1, -0.05) is 12.8 Å². The molecule has 7 heteroatoms. The van der Waals surface area contributed by atoms with Crippen LogP contribution in [0, 0.1) is 10.1 Å². The van der Waals surface area contributed by atoms with E-state index in [4.69, 9.17) is 5.73 Å². The van der Waals surface area contributed by atoms with Gasteiger partial charge in [-0.3, -0.25) is 0 Å². The molecule has 0 saturated heterocycles. The van der Waals surface area contributed by atoms with Gasteiger partial charge in [0, 0.05) is 6.04 Å². The van der Waals surface area contributed by atoms with Gasteiger partial charge in [0.2, 0.25) is 0 Å². The molecule has 1 heterocycles. The lowest BCUT2D eigenvalue weighted by Gasteiger charge is -2.27. The van der Waals surface area contributed by atoms with E-state index < -0.39 is 4.92 Å². The summed E-state index contributed by atoms with van der Waals surface area (Å²) >= 11 is 0. The van der Waals surface area contributed by atoms with Crippen LogP contribution in [0.25, 0.3) is 0 Å². The molecule has 0 bridgehead atoms. The van der Waals surface area contributed by atoms with Crippen LogP contribution in [0.5, 0.6) is 0 Å². The Balaban J connectivity index is 2.17. The van der Waals surface area contributed by atoms with Crippen LogP contribution in [0.4, 0.5) is 5.82 Å². The number of hydrogen-bond acceptors (Lipinski definition) is 5. The average Bonchev–Trinajstić information content (AvgIpc) is 2.67. The molecular formula is C8H13N5O2. The second kappa shape index (κ2) is 3.93. The van der Waals surface area contributed by atoms with Crippen molar-refractivity contribution in [3.8, 4) is 0 Å². The van der Waals surface area contributed by atoms with Crippen LogP contribution < -0.4 is 5.73 Å². The van der Waals surface area contributed by atoms with Gasteiger partial charge in [-0.15, -0.1) is 0 Å².